The maximum absolute atomic E-state index is 13.2. The fraction of sp³-hybridized carbons (Fsp3) is 0.417. The summed E-state index contributed by atoms with van der Waals surface area (Å²) in [4.78, 5) is 0. The average Bonchev–Trinajstić information content (AvgIpc) is 2.22. The van der Waals surface area contributed by atoms with E-state index in [1.54, 1.807) is 25.7 Å². The van der Waals surface area contributed by atoms with Crippen LogP contribution in [0.5, 0.6) is 0 Å². The predicted octanol–water partition coefficient (Wildman–Crippen LogP) is 4.26. The highest BCUT2D eigenvalue weighted by atomic mass is 28.4. The van der Waals surface area contributed by atoms with Crippen LogP contribution in [-0.2, 0) is 10.6 Å². The second-order valence-corrected chi connectivity index (χ2v) is 9.47. The molecule has 0 spiro atoms. The molecule has 0 aromatic heterocycles. The third kappa shape index (κ3) is 4.65. The summed E-state index contributed by atoms with van der Waals surface area (Å²) < 4.78 is 56.4. The van der Waals surface area contributed by atoms with Crippen LogP contribution in [-0.4, -0.2) is 8.32 Å². The van der Waals surface area contributed by atoms with Gasteiger partial charge in [-0.1, -0.05) is 0 Å². The second-order valence-electron chi connectivity index (χ2n) is 5.01. The van der Waals surface area contributed by atoms with Crippen molar-refractivity contribution in [2.75, 3.05) is 0 Å². The van der Waals surface area contributed by atoms with E-state index < -0.39 is 32.0 Å². The van der Waals surface area contributed by atoms with Gasteiger partial charge in [0.05, 0.1) is 11.6 Å². The lowest BCUT2D eigenvalue weighted by Gasteiger charge is -2.22. The summed E-state index contributed by atoms with van der Waals surface area (Å²) in [7, 11) is -2.13. The first-order valence-corrected chi connectivity index (χ1v) is 8.89. The largest absolute Gasteiger partial charge is 0.416 e. The number of nitrogens with zero attached hydrogens (tertiary/aromatic N) is 1. The Morgan fingerprint density at radius 2 is 1.79 bits per heavy atom. The van der Waals surface area contributed by atoms with E-state index in [-0.39, 0.29) is 5.56 Å². The zero-order valence-electron chi connectivity index (χ0n) is 10.7. The zero-order valence-corrected chi connectivity index (χ0v) is 11.7. The molecule has 0 fully saturated rings. The van der Waals surface area contributed by atoms with Crippen molar-refractivity contribution in [1.82, 2.24) is 0 Å². The van der Waals surface area contributed by atoms with Crippen molar-refractivity contribution in [2.45, 2.75) is 31.9 Å². The molecule has 0 radical (unpaired) electrons. The van der Waals surface area contributed by atoms with Crippen LogP contribution in [0, 0.1) is 17.1 Å². The Hall–Kier alpha value is -1.39. The first-order valence-electron chi connectivity index (χ1n) is 5.48. The van der Waals surface area contributed by atoms with Crippen LogP contribution in [0.25, 0.3) is 0 Å². The molecular weight excluding hydrogens is 278 g/mol. The first kappa shape index (κ1) is 15.7. The van der Waals surface area contributed by atoms with Gasteiger partial charge in [-0.2, -0.15) is 18.4 Å². The van der Waals surface area contributed by atoms with Crippen LogP contribution in [0.3, 0.4) is 0 Å². The molecule has 0 amide bonds. The van der Waals surface area contributed by atoms with Gasteiger partial charge in [0.15, 0.2) is 14.4 Å². The predicted molar refractivity (Wildman–Crippen MR) is 64.2 cm³/mol. The molecule has 0 heterocycles. The molecule has 0 aliphatic rings. The van der Waals surface area contributed by atoms with Crippen LogP contribution < -0.4 is 0 Å². The maximum Gasteiger partial charge on any atom is 0.416 e. The number of halogens is 4. The number of rotatable bonds is 3. The number of nitriles is 1. The van der Waals surface area contributed by atoms with Crippen molar-refractivity contribution in [3.05, 3.63) is 35.1 Å². The Morgan fingerprint density at radius 3 is 2.21 bits per heavy atom. The van der Waals surface area contributed by atoms with E-state index in [4.69, 9.17) is 9.69 Å². The smallest absolute Gasteiger partial charge is 0.399 e. The molecule has 7 heteroatoms. The number of alkyl halides is 3. The molecule has 0 N–H and O–H groups in total. The fourth-order valence-electron chi connectivity index (χ4n) is 1.45. The van der Waals surface area contributed by atoms with Crippen molar-refractivity contribution in [1.29, 1.82) is 5.26 Å². The van der Waals surface area contributed by atoms with E-state index in [2.05, 4.69) is 0 Å². The van der Waals surface area contributed by atoms with Crippen LogP contribution >= 0.6 is 0 Å². The molecule has 1 aromatic carbocycles. The van der Waals surface area contributed by atoms with Crippen LogP contribution in [0.1, 0.15) is 17.2 Å². The quantitative estimate of drug-likeness (QED) is 0.615. The summed E-state index contributed by atoms with van der Waals surface area (Å²) in [5, 5.41) is 8.97. The van der Waals surface area contributed by atoms with E-state index in [1.165, 1.54) is 0 Å². The van der Waals surface area contributed by atoms with E-state index >= 15 is 0 Å². The van der Waals surface area contributed by atoms with Gasteiger partial charge in [0, 0.05) is 0 Å². The molecule has 19 heavy (non-hydrogen) atoms. The van der Waals surface area contributed by atoms with Crippen molar-refractivity contribution in [3.8, 4) is 6.07 Å². The van der Waals surface area contributed by atoms with Gasteiger partial charge in [-0.25, -0.2) is 4.39 Å². The number of benzene rings is 1. The Kier molecular flexibility index (Phi) is 4.38. The van der Waals surface area contributed by atoms with E-state index in [9.17, 15) is 17.6 Å². The molecule has 104 valence electrons. The number of hydrogen-bond acceptors (Lipinski definition) is 2. The molecule has 0 saturated carbocycles. The molecule has 2 nitrogen and oxygen atoms in total. The van der Waals surface area contributed by atoms with Gasteiger partial charge in [-0.3, -0.25) is 0 Å². The SMILES string of the molecule is C[Si](C)(C)OC(C#N)c1cc(F)cc(C(F)(F)F)c1. The monoisotopic (exact) mass is 291 g/mol. The molecule has 1 rings (SSSR count). The standard InChI is InChI=1S/C12H13F4NOSi/c1-19(2,3)18-11(7-17)8-4-9(12(14,15)16)6-10(13)5-8/h4-6,11H,1-3H3. The lowest BCUT2D eigenvalue weighted by atomic mass is 10.1. The van der Waals surface area contributed by atoms with Crippen LogP contribution in [0.4, 0.5) is 17.6 Å². The van der Waals surface area contributed by atoms with Crippen LogP contribution in [0.15, 0.2) is 18.2 Å². The van der Waals surface area contributed by atoms with Crippen molar-refractivity contribution in [2.24, 2.45) is 0 Å². The highest BCUT2D eigenvalue weighted by Gasteiger charge is 2.32. The summed E-state index contributed by atoms with van der Waals surface area (Å²) in [5.41, 5.74) is -1.24. The van der Waals surface area contributed by atoms with Gasteiger partial charge in [0.1, 0.15) is 5.82 Å². The summed E-state index contributed by atoms with van der Waals surface area (Å²) in [6, 6.07) is 3.79. The summed E-state index contributed by atoms with van der Waals surface area (Å²) in [6.07, 6.45) is -5.85. The van der Waals surface area contributed by atoms with Gasteiger partial charge in [-0.05, 0) is 43.4 Å². The Balaban J connectivity index is 3.19. The molecule has 0 bridgehead atoms. The lowest BCUT2D eigenvalue weighted by Crippen LogP contribution is -2.27. The Bertz CT molecular complexity index is 502. The topological polar surface area (TPSA) is 33.0 Å². The van der Waals surface area contributed by atoms with Gasteiger partial charge < -0.3 is 4.43 Å². The minimum absolute atomic E-state index is 0.114. The first-order chi connectivity index (χ1) is 8.53. The van der Waals surface area contributed by atoms with Crippen LogP contribution in [0.2, 0.25) is 19.6 Å². The van der Waals surface area contributed by atoms with Crippen molar-refractivity contribution >= 4 is 8.32 Å². The molecule has 1 atom stereocenters. The number of hydrogen-bond donors (Lipinski definition) is 0. The van der Waals surface area contributed by atoms with Crippen molar-refractivity contribution < 1.29 is 22.0 Å². The lowest BCUT2D eigenvalue weighted by molar-refractivity contribution is -0.137. The summed E-state index contributed by atoms with van der Waals surface area (Å²) >= 11 is 0. The van der Waals surface area contributed by atoms with Gasteiger partial charge in [0.2, 0.25) is 0 Å². The normalized spacial score (nSPS) is 14.0. The minimum atomic E-state index is -4.66. The highest BCUT2D eigenvalue weighted by molar-refractivity contribution is 6.69. The van der Waals surface area contributed by atoms with Gasteiger partial charge in [0.25, 0.3) is 0 Å². The maximum atomic E-state index is 13.2. The molecule has 0 aliphatic heterocycles. The van der Waals surface area contributed by atoms with Crippen molar-refractivity contribution in [3.63, 3.8) is 0 Å². The minimum Gasteiger partial charge on any atom is -0.399 e. The molecular formula is C12H13F4NOSi. The highest BCUT2D eigenvalue weighted by Crippen LogP contribution is 2.32. The summed E-state index contributed by atoms with van der Waals surface area (Å²) in [6.45, 7) is 5.38. The fourth-order valence-corrected chi connectivity index (χ4v) is 2.35. The molecule has 1 aromatic rings. The van der Waals surface area contributed by atoms with E-state index in [1.807, 2.05) is 0 Å². The summed E-state index contributed by atoms with van der Waals surface area (Å²) in [5.74, 6) is -1.04. The molecule has 0 saturated heterocycles. The Labute approximate surface area is 109 Å². The molecule has 0 aliphatic carbocycles. The average molecular weight is 291 g/mol. The third-order valence-electron chi connectivity index (χ3n) is 2.14. The Morgan fingerprint density at radius 1 is 1.21 bits per heavy atom. The second kappa shape index (κ2) is 5.31. The zero-order chi connectivity index (χ0) is 14.8. The molecule has 1 unspecified atom stereocenters. The van der Waals surface area contributed by atoms with E-state index in [0.717, 1.165) is 12.1 Å². The van der Waals surface area contributed by atoms with Gasteiger partial charge in [-0.15, -0.1) is 0 Å². The third-order valence-corrected chi connectivity index (χ3v) is 3.08. The van der Waals surface area contributed by atoms with Gasteiger partial charge >= 0.3 is 6.18 Å². The van der Waals surface area contributed by atoms with E-state index in [0.29, 0.717) is 6.07 Å².